The van der Waals surface area contributed by atoms with Gasteiger partial charge in [-0.2, -0.15) is 0 Å². The molecule has 0 aromatic carbocycles. The molecule has 2 rings (SSSR count). The molecule has 0 saturated heterocycles. The summed E-state index contributed by atoms with van der Waals surface area (Å²) >= 11 is 0. The Morgan fingerprint density at radius 2 is 2.06 bits per heavy atom. The minimum atomic E-state index is 0.207. The number of nitrogens with two attached hydrogens (primary N) is 1. The molecule has 3 heteroatoms. The van der Waals surface area contributed by atoms with Crippen LogP contribution >= 0.6 is 0 Å². The molecule has 3 N–H and O–H groups in total. The maximum atomic E-state index is 11.9. The van der Waals surface area contributed by atoms with Gasteiger partial charge in [0.25, 0.3) is 0 Å². The molecule has 1 atom stereocenters. The van der Waals surface area contributed by atoms with Gasteiger partial charge in [-0.15, -0.1) is 0 Å². The van der Waals surface area contributed by atoms with Crippen LogP contribution in [0.1, 0.15) is 52.4 Å². The average molecular weight is 252 g/mol. The molecule has 0 aromatic rings. The second-order valence-electron chi connectivity index (χ2n) is 6.85. The molecule has 2 aliphatic carbocycles. The summed E-state index contributed by atoms with van der Waals surface area (Å²) in [4.78, 5) is 11.9. The number of nitrogens with one attached hydrogen (secondary N) is 1. The van der Waals surface area contributed by atoms with Crippen molar-refractivity contribution < 1.29 is 4.79 Å². The Bertz CT molecular complexity index is 293. The summed E-state index contributed by atoms with van der Waals surface area (Å²) < 4.78 is 0. The smallest absolute Gasteiger partial charge is 0.220 e. The SMILES string of the molecule is CC(C)CC(CN)CC(=O)NCC1(C2CC2)CC1. The molecule has 2 aliphatic rings. The van der Waals surface area contributed by atoms with E-state index in [1.165, 1.54) is 25.7 Å². The van der Waals surface area contributed by atoms with Gasteiger partial charge in [-0.05, 0) is 61.8 Å². The van der Waals surface area contributed by atoms with Gasteiger partial charge in [0.15, 0.2) is 0 Å². The first-order valence-electron chi connectivity index (χ1n) is 7.52. The van der Waals surface area contributed by atoms with E-state index in [4.69, 9.17) is 5.73 Å². The van der Waals surface area contributed by atoms with Crippen LogP contribution in [0.2, 0.25) is 0 Å². The van der Waals surface area contributed by atoms with Crippen LogP contribution in [-0.2, 0) is 4.79 Å². The van der Waals surface area contributed by atoms with Crippen LogP contribution in [0.15, 0.2) is 0 Å². The fraction of sp³-hybridized carbons (Fsp3) is 0.933. The van der Waals surface area contributed by atoms with Crippen molar-refractivity contribution in [2.45, 2.75) is 52.4 Å². The van der Waals surface area contributed by atoms with E-state index in [2.05, 4.69) is 19.2 Å². The zero-order chi connectivity index (χ0) is 13.2. The van der Waals surface area contributed by atoms with Crippen LogP contribution in [0.3, 0.4) is 0 Å². The molecule has 0 heterocycles. The molecule has 3 nitrogen and oxygen atoms in total. The molecule has 2 saturated carbocycles. The molecule has 18 heavy (non-hydrogen) atoms. The Morgan fingerprint density at radius 3 is 2.50 bits per heavy atom. The third-order valence-corrected chi connectivity index (χ3v) is 4.59. The quantitative estimate of drug-likeness (QED) is 0.696. The van der Waals surface area contributed by atoms with E-state index in [0.717, 1.165) is 18.9 Å². The van der Waals surface area contributed by atoms with Crippen LogP contribution in [0.5, 0.6) is 0 Å². The lowest BCUT2D eigenvalue weighted by atomic mass is 9.93. The molecular formula is C15H28N2O. The summed E-state index contributed by atoms with van der Waals surface area (Å²) in [6, 6.07) is 0. The Morgan fingerprint density at radius 1 is 1.39 bits per heavy atom. The highest BCUT2D eigenvalue weighted by molar-refractivity contribution is 5.76. The zero-order valence-corrected chi connectivity index (χ0v) is 11.9. The molecule has 1 amide bonds. The molecular weight excluding hydrogens is 224 g/mol. The molecule has 2 fully saturated rings. The van der Waals surface area contributed by atoms with Crippen molar-refractivity contribution in [1.82, 2.24) is 5.32 Å². The van der Waals surface area contributed by atoms with Crippen molar-refractivity contribution in [2.75, 3.05) is 13.1 Å². The Hall–Kier alpha value is -0.570. The molecule has 0 radical (unpaired) electrons. The first-order valence-corrected chi connectivity index (χ1v) is 7.52. The summed E-state index contributed by atoms with van der Waals surface area (Å²) in [5.74, 6) is 2.09. The van der Waals surface area contributed by atoms with Crippen LogP contribution in [0.25, 0.3) is 0 Å². The first kappa shape index (κ1) is 13.9. The van der Waals surface area contributed by atoms with Gasteiger partial charge in [0, 0.05) is 13.0 Å². The number of amides is 1. The standard InChI is InChI=1S/C15H28N2O/c1-11(2)7-12(9-16)8-14(18)17-10-15(5-6-15)13-3-4-13/h11-13H,3-10,16H2,1-2H3,(H,17,18). The van der Waals surface area contributed by atoms with E-state index in [9.17, 15) is 4.79 Å². The van der Waals surface area contributed by atoms with Gasteiger partial charge in [-0.3, -0.25) is 4.79 Å². The highest BCUT2D eigenvalue weighted by Crippen LogP contribution is 2.60. The third-order valence-electron chi connectivity index (χ3n) is 4.59. The fourth-order valence-electron chi connectivity index (χ4n) is 3.12. The summed E-state index contributed by atoms with van der Waals surface area (Å²) in [5.41, 5.74) is 6.25. The third kappa shape index (κ3) is 3.71. The Balaban J connectivity index is 1.67. The minimum Gasteiger partial charge on any atom is -0.356 e. The summed E-state index contributed by atoms with van der Waals surface area (Å²) in [6.45, 7) is 5.91. The highest BCUT2D eigenvalue weighted by Gasteiger charge is 2.53. The molecule has 0 aliphatic heterocycles. The van der Waals surface area contributed by atoms with Crippen molar-refractivity contribution >= 4 is 5.91 Å². The summed E-state index contributed by atoms with van der Waals surface area (Å²) in [7, 11) is 0. The normalized spacial score (nSPS) is 22.9. The highest BCUT2D eigenvalue weighted by atomic mass is 16.1. The average Bonchev–Trinajstić information content (AvgIpc) is 3.14. The van der Waals surface area contributed by atoms with E-state index in [1.54, 1.807) is 0 Å². The van der Waals surface area contributed by atoms with Crippen LogP contribution in [0, 0.1) is 23.2 Å². The van der Waals surface area contributed by atoms with Gasteiger partial charge in [-0.1, -0.05) is 13.8 Å². The predicted molar refractivity (Wildman–Crippen MR) is 74.0 cm³/mol. The topological polar surface area (TPSA) is 55.1 Å². The fourth-order valence-corrected chi connectivity index (χ4v) is 3.12. The van der Waals surface area contributed by atoms with Crippen LogP contribution < -0.4 is 11.1 Å². The van der Waals surface area contributed by atoms with Gasteiger partial charge in [0.2, 0.25) is 5.91 Å². The monoisotopic (exact) mass is 252 g/mol. The number of hydrogen-bond acceptors (Lipinski definition) is 2. The molecule has 0 bridgehead atoms. The van der Waals surface area contributed by atoms with Gasteiger partial charge in [-0.25, -0.2) is 0 Å². The lowest BCUT2D eigenvalue weighted by molar-refractivity contribution is -0.122. The van der Waals surface area contributed by atoms with E-state index in [-0.39, 0.29) is 5.91 Å². The minimum absolute atomic E-state index is 0.207. The predicted octanol–water partition coefficient (Wildman–Crippen LogP) is 2.30. The van der Waals surface area contributed by atoms with Crippen molar-refractivity contribution in [3.63, 3.8) is 0 Å². The summed E-state index contributed by atoms with van der Waals surface area (Å²) in [6.07, 6.45) is 7.07. The number of hydrogen-bond donors (Lipinski definition) is 2. The van der Waals surface area contributed by atoms with Crippen molar-refractivity contribution in [1.29, 1.82) is 0 Å². The molecule has 104 valence electrons. The number of carbonyl (C=O) groups excluding carboxylic acids is 1. The maximum absolute atomic E-state index is 11.9. The van der Waals surface area contributed by atoms with E-state index >= 15 is 0 Å². The Kier molecular flexibility index (Phi) is 4.31. The lowest BCUT2D eigenvalue weighted by Gasteiger charge is -2.19. The number of rotatable bonds is 8. The lowest BCUT2D eigenvalue weighted by Crippen LogP contribution is -2.33. The molecule has 0 aromatic heterocycles. The molecule has 0 spiro atoms. The van der Waals surface area contributed by atoms with Crippen molar-refractivity contribution in [3.8, 4) is 0 Å². The molecule has 1 unspecified atom stereocenters. The summed E-state index contributed by atoms with van der Waals surface area (Å²) in [5, 5.41) is 3.15. The number of carbonyl (C=O) groups is 1. The van der Waals surface area contributed by atoms with E-state index in [1.807, 2.05) is 0 Å². The second-order valence-corrected chi connectivity index (χ2v) is 6.85. The van der Waals surface area contributed by atoms with Crippen molar-refractivity contribution in [2.24, 2.45) is 28.9 Å². The van der Waals surface area contributed by atoms with Gasteiger partial charge in [0.05, 0.1) is 0 Å². The van der Waals surface area contributed by atoms with Crippen molar-refractivity contribution in [3.05, 3.63) is 0 Å². The second kappa shape index (κ2) is 5.60. The van der Waals surface area contributed by atoms with Gasteiger partial charge in [0.1, 0.15) is 0 Å². The van der Waals surface area contributed by atoms with Gasteiger partial charge >= 0.3 is 0 Å². The largest absolute Gasteiger partial charge is 0.356 e. The first-order chi connectivity index (χ1) is 8.55. The van der Waals surface area contributed by atoms with Crippen LogP contribution in [-0.4, -0.2) is 19.0 Å². The van der Waals surface area contributed by atoms with E-state index < -0.39 is 0 Å². The van der Waals surface area contributed by atoms with E-state index in [0.29, 0.717) is 30.2 Å². The Labute approximate surface area is 111 Å². The van der Waals surface area contributed by atoms with Gasteiger partial charge < -0.3 is 11.1 Å². The van der Waals surface area contributed by atoms with Crippen LogP contribution in [0.4, 0.5) is 0 Å². The zero-order valence-electron chi connectivity index (χ0n) is 11.9. The maximum Gasteiger partial charge on any atom is 0.220 e.